The fraction of sp³-hybridized carbons (Fsp3) is 0.769. The van der Waals surface area contributed by atoms with Gasteiger partial charge in [-0.05, 0) is 32.1 Å². The van der Waals surface area contributed by atoms with Gasteiger partial charge < -0.3 is 4.74 Å². The van der Waals surface area contributed by atoms with Crippen LogP contribution in [0.1, 0.15) is 43.9 Å². The molecule has 0 aromatic carbocycles. The van der Waals surface area contributed by atoms with Crippen LogP contribution in [0.25, 0.3) is 0 Å². The van der Waals surface area contributed by atoms with E-state index < -0.39 is 0 Å². The minimum absolute atomic E-state index is 0.320. The maximum Gasteiger partial charge on any atom is 0.216 e. The molecule has 1 aromatic heterocycles. The van der Waals surface area contributed by atoms with E-state index >= 15 is 0 Å². The highest BCUT2D eigenvalue weighted by molar-refractivity contribution is 6.17. The number of alkyl halides is 1. The summed E-state index contributed by atoms with van der Waals surface area (Å²) in [6, 6.07) is 0. The molecule has 4 heteroatoms. The number of rotatable bonds is 3. The Labute approximate surface area is 108 Å². The second-order valence-electron chi connectivity index (χ2n) is 5.04. The first kappa shape index (κ1) is 12.7. The number of aryl methyl sites for hydroxylation is 2. The molecule has 17 heavy (non-hydrogen) atoms. The van der Waals surface area contributed by atoms with E-state index in [0.29, 0.717) is 17.9 Å². The van der Waals surface area contributed by atoms with Gasteiger partial charge in [-0.15, -0.1) is 11.6 Å². The van der Waals surface area contributed by atoms with Crippen LogP contribution in [0.5, 0.6) is 5.88 Å². The van der Waals surface area contributed by atoms with Crippen LogP contribution in [-0.2, 0) is 12.9 Å². The van der Waals surface area contributed by atoms with Crippen LogP contribution in [0.4, 0.5) is 0 Å². The second-order valence-corrected chi connectivity index (χ2v) is 5.31. The normalized spacial score (nSPS) is 24.9. The lowest BCUT2D eigenvalue weighted by Gasteiger charge is -2.29. The zero-order valence-corrected chi connectivity index (χ0v) is 11.6. The quantitative estimate of drug-likeness (QED) is 0.775. The number of aromatic nitrogens is 2. The monoisotopic (exact) mass is 256 g/mol. The van der Waals surface area contributed by atoms with Gasteiger partial charge in [-0.2, -0.15) is 5.10 Å². The number of nitrogens with zero attached hydrogens (tertiary/aromatic N) is 2. The average molecular weight is 257 g/mol. The van der Waals surface area contributed by atoms with Crippen molar-refractivity contribution in [1.29, 1.82) is 0 Å². The van der Waals surface area contributed by atoms with Gasteiger partial charge in [0.05, 0.1) is 17.1 Å². The standard InChI is InChI=1S/C13H21ClN2O/c1-9-6-4-5-7-12(9)17-13-11(8-14)10(2)15-16(13)3/h9,12H,4-8H2,1-3H3. The van der Waals surface area contributed by atoms with Gasteiger partial charge in [0.1, 0.15) is 6.10 Å². The lowest BCUT2D eigenvalue weighted by atomic mass is 9.88. The molecule has 2 unspecified atom stereocenters. The lowest BCUT2D eigenvalue weighted by molar-refractivity contribution is 0.0921. The molecular weight excluding hydrogens is 236 g/mol. The fourth-order valence-corrected chi connectivity index (χ4v) is 2.89. The molecule has 0 N–H and O–H groups in total. The molecule has 0 amide bonds. The van der Waals surface area contributed by atoms with Crippen LogP contribution in [0.15, 0.2) is 0 Å². The Bertz CT molecular complexity index is 389. The zero-order valence-electron chi connectivity index (χ0n) is 10.9. The van der Waals surface area contributed by atoms with Gasteiger partial charge in [0, 0.05) is 7.05 Å². The second kappa shape index (κ2) is 5.30. The van der Waals surface area contributed by atoms with Gasteiger partial charge in [0.2, 0.25) is 5.88 Å². The Kier molecular flexibility index (Phi) is 3.97. The van der Waals surface area contributed by atoms with Crippen LogP contribution in [0.2, 0.25) is 0 Å². The van der Waals surface area contributed by atoms with E-state index in [0.717, 1.165) is 23.6 Å². The zero-order chi connectivity index (χ0) is 12.4. The summed E-state index contributed by atoms with van der Waals surface area (Å²) in [5, 5.41) is 4.38. The van der Waals surface area contributed by atoms with Gasteiger partial charge in [0.25, 0.3) is 0 Å². The van der Waals surface area contributed by atoms with Crippen molar-refractivity contribution in [2.45, 2.75) is 51.5 Å². The molecule has 1 saturated carbocycles. The Morgan fingerprint density at radius 2 is 2.12 bits per heavy atom. The van der Waals surface area contributed by atoms with E-state index in [1.54, 1.807) is 0 Å². The molecule has 3 nitrogen and oxygen atoms in total. The summed E-state index contributed by atoms with van der Waals surface area (Å²) in [6.07, 6.45) is 5.32. The molecule has 0 aliphatic heterocycles. The van der Waals surface area contributed by atoms with Gasteiger partial charge in [-0.3, -0.25) is 0 Å². The average Bonchev–Trinajstić information content (AvgIpc) is 2.56. The van der Waals surface area contributed by atoms with Crippen LogP contribution in [-0.4, -0.2) is 15.9 Å². The summed E-state index contributed by atoms with van der Waals surface area (Å²) in [5.41, 5.74) is 2.01. The molecule has 0 radical (unpaired) electrons. The van der Waals surface area contributed by atoms with Crippen molar-refractivity contribution in [3.63, 3.8) is 0 Å². The molecular formula is C13H21ClN2O. The van der Waals surface area contributed by atoms with E-state index in [2.05, 4.69) is 12.0 Å². The Balaban J connectivity index is 2.17. The molecule has 96 valence electrons. The number of hydrogen-bond acceptors (Lipinski definition) is 2. The molecule has 2 rings (SSSR count). The predicted octanol–water partition coefficient (Wildman–Crippen LogP) is 3.42. The van der Waals surface area contributed by atoms with E-state index in [1.807, 2.05) is 18.7 Å². The number of hydrogen-bond donors (Lipinski definition) is 0. The Hall–Kier alpha value is -0.700. The number of ether oxygens (including phenoxy) is 1. The van der Waals surface area contributed by atoms with Gasteiger partial charge in [-0.1, -0.05) is 13.3 Å². The summed E-state index contributed by atoms with van der Waals surface area (Å²) in [5.74, 6) is 1.95. The van der Waals surface area contributed by atoms with E-state index in [1.165, 1.54) is 19.3 Å². The molecule has 1 fully saturated rings. The lowest BCUT2D eigenvalue weighted by Crippen LogP contribution is -2.29. The van der Waals surface area contributed by atoms with Gasteiger partial charge >= 0.3 is 0 Å². The Morgan fingerprint density at radius 3 is 2.76 bits per heavy atom. The molecule has 2 atom stereocenters. The van der Waals surface area contributed by atoms with E-state index in [9.17, 15) is 0 Å². The van der Waals surface area contributed by atoms with Crippen molar-refractivity contribution in [3.05, 3.63) is 11.3 Å². The summed E-state index contributed by atoms with van der Waals surface area (Å²) in [7, 11) is 1.92. The summed E-state index contributed by atoms with van der Waals surface area (Å²) >= 11 is 5.97. The fourth-order valence-electron chi connectivity index (χ4n) is 2.58. The third-order valence-electron chi connectivity index (χ3n) is 3.72. The van der Waals surface area contributed by atoms with E-state index in [4.69, 9.17) is 16.3 Å². The van der Waals surface area contributed by atoms with Crippen molar-refractivity contribution in [2.75, 3.05) is 0 Å². The van der Waals surface area contributed by atoms with Crippen molar-refractivity contribution in [1.82, 2.24) is 9.78 Å². The molecule has 0 spiro atoms. The first-order valence-corrected chi connectivity index (χ1v) is 6.92. The van der Waals surface area contributed by atoms with Crippen LogP contribution >= 0.6 is 11.6 Å². The maximum absolute atomic E-state index is 6.16. The maximum atomic E-state index is 6.16. The molecule has 1 aromatic rings. The smallest absolute Gasteiger partial charge is 0.216 e. The topological polar surface area (TPSA) is 27.1 Å². The molecule has 0 bridgehead atoms. The predicted molar refractivity (Wildman–Crippen MR) is 69.6 cm³/mol. The summed E-state index contributed by atoms with van der Waals surface area (Å²) in [4.78, 5) is 0. The third-order valence-corrected chi connectivity index (χ3v) is 3.99. The molecule has 1 aliphatic carbocycles. The summed E-state index contributed by atoms with van der Waals surface area (Å²) in [6.45, 7) is 4.25. The SMILES string of the molecule is Cc1nn(C)c(OC2CCCCC2C)c1CCl. The van der Waals surface area contributed by atoms with Crippen molar-refractivity contribution in [3.8, 4) is 5.88 Å². The minimum atomic E-state index is 0.320. The number of halogens is 1. The van der Waals surface area contributed by atoms with Gasteiger partial charge in [0.15, 0.2) is 0 Å². The first-order valence-electron chi connectivity index (χ1n) is 6.38. The van der Waals surface area contributed by atoms with Crippen LogP contribution in [0.3, 0.4) is 0 Å². The van der Waals surface area contributed by atoms with Crippen molar-refractivity contribution >= 4 is 11.6 Å². The summed E-state index contributed by atoms with van der Waals surface area (Å²) < 4.78 is 7.97. The molecule has 1 heterocycles. The van der Waals surface area contributed by atoms with Crippen LogP contribution < -0.4 is 4.74 Å². The third kappa shape index (κ3) is 2.59. The van der Waals surface area contributed by atoms with Crippen molar-refractivity contribution in [2.24, 2.45) is 13.0 Å². The van der Waals surface area contributed by atoms with E-state index in [-0.39, 0.29) is 0 Å². The molecule has 0 saturated heterocycles. The first-order chi connectivity index (χ1) is 8.13. The minimum Gasteiger partial charge on any atom is -0.474 e. The largest absolute Gasteiger partial charge is 0.474 e. The Morgan fingerprint density at radius 1 is 1.41 bits per heavy atom. The van der Waals surface area contributed by atoms with Crippen molar-refractivity contribution < 1.29 is 4.74 Å². The molecule has 1 aliphatic rings. The van der Waals surface area contributed by atoms with Gasteiger partial charge in [-0.25, -0.2) is 4.68 Å². The highest BCUT2D eigenvalue weighted by Gasteiger charge is 2.25. The highest BCUT2D eigenvalue weighted by atomic mass is 35.5. The van der Waals surface area contributed by atoms with Crippen LogP contribution in [0, 0.1) is 12.8 Å². The highest BCUT2D eigenvalue weighted by Crippen LogP contribution is 2.31.